The highest BCUT2D eigenvalue weighted by Gasteiger charge is 2.24. The molecular weight excluding hydrogens is 342 g/mol. The van der Waals surface area contributed by atoms with Gasteiger partial charge < -0.3 is 9.64 Å². The Morgan fingerprint density at radius 1 is 1.24 bits per heavy atom. The highest BCUT2D eigenvalue weighted by Crippen LogP contribution is 2.22. The molecule has 2 rings (SSSR count). The van der Waals surface area contributed by atoms with Crippen LogP contribution in [0.1, 0.15) is 31.7 Å². The maximum Gasteiger partial charge on any atom is 0.414 e. The van der Waals surface area contributed by atoms with Crippen LogP contribution >= 0.6 is 0 Å². The number of hydrogen-bond acceptors (Lipinski definition) is 5. The summed E-state index contributed by atoms with van der Waals surface area (Å²) in [5, 5.41) is 0. The molecule has 1 amide bonds. The van der Waals surface area contributed by atoms with E-state index < -0.39 is 10.1 Å². The van der Waals surface area contributed by atoms with Gasteiger partial charge in [-0.2, -0.15) is 8.42 Å². The summed E-state index contributed by atoms with van der Waals surface area (Å²) >= 11 is 0. The second-order valence-corrected chi connectivity index (χ2v) is 7.99. The number of ether oxygens (including phenoxy) is 1. The standard InChI is InChI=1S/C18H25NO5S/c1-14(2)24-18(20)19-11-8-16(9-12-19)10-13-23-25(21,22)17-6-4-15(3)5-7-17/h4-7,16H,1,8-13H2,2-3H3. The number of benzene rings is 1. The fourth-order valence-electron chi connectivity index (χ4n) is 2.72. The van der Waals surface area contributed by atoms with Gasteiger partial charge in [0.2, 0.25) is 0 Å². The average Bonchev–Trinajstić information content (AvgIpc) is 2.55. The summed E-state index contributed by atoms with van der Waals surface area (Å²) in [5.41, 5.74) is 0.996. The first kappa shape index (κ1) is 19.5. The van der Waals surface area contributed by atoms with Crippen molar-refractivity contribution >= 4 is 16.2 Å². The number of rotatable bonds is 6. The van der Waals surface area contributed by atoms with E-state index in [-0.39, 0.29) is 17.6 Å². The molecule has 1 heterocycles. The van der Waals surface area contributed by atoms with Crippen LogP contribution in [0.2, 0.25) is 0 Å². The van der Waals surface area contributed by atoms with Gasteiger partial charge in [0.25, 0.3) is 10.1 Å². The lowest BCUT2D eigenvalue weighted by Crippen LogP contribution is -2.38. The van der Waals surface area contributed by atoms with Crippen molar-refractivity contribution in [2.45, 2.75) is 38.0 Å². The summed E-state index contributed by atoms with van der Waals surface area (Å²) in [6, 6.07) is 6.60. The smallest absolute Gasteiger partial charge is 0.414 e. The van der Waals surface area contributed by atoms with E-state index in [1.54, 1.807) is 36.1 Å². The zero-order chi connectivity index (χ0) is 18.4. The molecule has 25 heavy (non-hydrogen) atoms. The Morgan fingerprint density at radius 3 is 2.40 bits per heavy atom. The van der Waals surface area contributed by atoms with E-state index in [2.05, 4.69) is 6.58 Å². The van der Waals surface area contributed by atoms with Gasteiger partial charge in [-0.25, -0.2) is 4.79 Å². The van der Waals surface area contributed by atoms with Gasteiger partial charge in [-0.05, 0) is 51.2 Å². The number of amides is 1. The molecule has 138 valence electrons. The Labute approximate surface area is 149 Å². The van der Waals surface area contributed by atoms with E-state index >= 15 is 0 Å². The number of likely N-dealkylation sites (tertiary alicyclic amines) is 1. The minimum atomic E-state index is -3.71. The van der Waals surface area contributed by atoms with E-state index in [0.717, 1.165) is 18.4 Å². The van der Waals surface area contributed by atoms with Crippen LogP contribution in [-0.2, 0) is 19.0 Å². The molecule has 7 heteroatoms. The monoisotopic (exact) mass is 367 g/mol. The third kappa shape index (κ3) is 5.86. The molecule has 0 aromatic heterocycles. The van der Waals surface area contributed by atoms with Crippen molar-refractivity contribution in [1.82, 2.24) is 4.90 Å². The quantitative estimate of drug-likeness (QED) is 0.568. The van der Waals surface area contributed by atoms with E-state index in [1.807, 2.05) is 6.92 Å². The number of hydrogen-bond donors (Lipinski definition) is 0. The van der Waals surface area contributed by atoms with Gasteiger partial charge in [-0.15, -0.1) is 0 Å². The Balaban J connectivity index is 1.75. The summed E-state index contributed by atoms with van der Waals surface area (Å²) in [7, 11) is -3.71. The summed E-state index contributed by atoms with van der Waals surface area (Å²) in [5.74, 6) is 0.712. The SMILES string of the molecule is C=C(C)OC(=O)N1CCC(CCOS(=O)(=O)c2ccc(C)cc2)CC1. The molecule has 1 aromatic rings. The molecule has 0 bridgehead atoms. The van der Waals surface area contributed by atoms with Crippen molar-refractivity contribution in [2.24, 2.45) is 5.92 Å². The molecule has 0 saturated carbocycles. The fraction of sp³-hybridized carbons (Fsp3) is 0.500. The predicted octanol–water partition coefficient (Wildman–Crippen LogP) is 3.47. The van der Waals surface area contributed by atoms with Gasteiger partial charge in [-0.3, -0.25) is 4.18 Å². The maximum atomic E-state index is 12.1. The van der Waals surface area contributed by atoms with Crippen molar-refractivity contribution in [1.29, 1.82) is 0 Å². The van der Waals surface area contributed by atoms with Gasteiger partial charge in [0.05, 0.1) is 17.3 Å². The fourth-order valence-corrected chi connectivity index (χ4v) is 3.64. The summed E-state index contributed by atoms with van der Waals surface area (Å²) in [4.78, 5) is 13.6. The van der Waals surface area contributed by atoms with Crippen LogP contribution < -0.4 is 0 Å². The Kier molecular flexibility index (Phi) is 6.61. The summed E-state index contributed by atoms with van der Waals surface area (Å²) in [6.45, 7) is 8.44. The third-order valence-corrected chi connectivity index (χ3v) is 5.53. The molecule has 1 aliphatic heterocycles. The molecule has 0 radical (unpaired) electrons. The molecule has 0 N–H and O–H groups in total. The van der Waals surface area contributed by atoms with Crippen molar-refractivity contribution in [3.63, 3.8) is 0 Å². The van der Waals surface area contributed by atoms with Crippen LogP contribution in [0.25, 0.3) is 0 Å². The molecular formula is C18H25NO5S. The van der Waals surface area contributed by atoms with E-state index in [9.17, 15) is 13.2 Å². The van der Waals surface area contributed by atoms with Crippen LogP contribution in [0.3, 0.4) is 0 Å². The van der Waals surface area contributed by atoms with E-state index in [1.165, 1.54) is 0 Å². The number of aryl methyl sites for hydroxylation is 1. The molecule has 0 atom stereocenters. The molecule has 0 spiro atoms. The molecule has 0 aliphatic carbocycles. The van der Waals surface area contributed by atoms with E-state index in [0.29, 0.717) is 31.2 Å². The predicted molar refractivity (Wildman–Crippen MR) is 94.5 cm³/mol. The molecule has 1 aliphatic rings. The minimum Gasteiger partial charge on any atom is -0.416 e. The summed E-state index contributed by atoms with van der Waals surface area (Å²) in [6.07, 6.45) is 1.89. The first-order chi connectivity index (χ1) is 11.8. The Morgan fingerprint density at radius 2 is 1.84 bits per heavy atom. The topological polar surface area (TPSA) is 72.9 Å². The number of carbonyl (C=O) groups is 1. The Bertz CT molecular complexity index is 703. The van der Waals surface area contributed by atoms with Crippen molar-refractivity contribution in [2.75, 3.05) is 19.7 Å². The summed E-state index contributed by atoms with van der Waals surface area (Å²) < 4.78 is 34.4. The van der Waals surface area contributed by atoms with Gasteiger partial charge in [-0.1, -0.05) is 24.3 Å². The highest BCUT2D eigenvalue weighted by molar-refractivity contribution is 7.86. The van der Waals surface area contributed by atoms with Gasteiger partial charge in [0.1, 0.15) is 0 Å². The number of piperidine rings is 1. The molecule has 0 unspecified atom stereocenters. The van der Waals surface area contributed by atoms with Crippen LogP contribution in [0.5, 0.6) is 0 Å². The zero-order valence-corrected chi connectivity index (χ0v) is 15.5. The average molecular weight is 367 g/mol. The first-order valence-corrected chi connectivity index (χ1v) is 9.77. The molecule has 1 saturated heterocycles. The second kappa shape index (κ2) is 8.49. The van der Waals surface area contributed by atoms with Crippen LogP contribution in [-0.4, -0.2) is 39.1 Å². The normalized spacial score (nSPS) is 15.8. The van der Waals surface area contributed by atoms with Gasteiger partial charge in [0, 0.05) is 13.1 Å². The number of nitrogens with zero attached hydrogens (tertiary/aromatic N) is 1. The molecule has 1 fully saturated rings. The molecule has 1 aromatic carbocycles. The lowest BCUT2D eigenvalue weighted by atomic mass is 9.94. The van der Waals surface area contributed by atoms with Gasteiger partial charge in [0.15, 0.2) is 0 Å². The van der Waals surface area contributed by atoms with Crippen molar-refractivity contribution < 1.29 is 22.1 Å². The van der Waals surface area contributed by atoms with Crippen molar-refractivity contribution in [3.8, 4) is 0 Å². The first-order valence-electron chi connectivity index (χ1n) is 8.36. The number of carbonyl (C=O) groups excluding carboxylic acids is 1. The maximum absolute atomic E-state index is 12.1. The largest absolute Gasteiger partial charge is 0.416 e. The lowest BCUT2D eigenvalue weighted by molar-refractivity contribution is 0.107. The lowest BCUT2D eigenvalue weighted by Gasteiger charge is -2.31. The highest BCUT2D eigenvalue weighted by atomic mass is 32.2. The van der Waals surface area contributed by atoms with Crippen LogP contribution in [0.4, 0.5) is 4.79 Å². The second-order valence-electron chi connectivity index (χ2n) is 6.38. The van der Waals surface area contributed by atoms with Crippen molar-refractivity contribution in [3.05, 3.63) is 42.2 Å². The van der Waals surface area contributed by atoms with E-state index in [4.69, 9.17) is 8.92 Å². The van der Waals surface area contributed by atoms with Crippen LogP contribution in [0, 0.1) is 12.8 Å². The third-order valence-electron chi connectivity index (χ3n) is 4.21. The Hall–Kier alpha value is -1.86. The molecule has 6 nitrogen and oxygen atoms in total. The minimum absolute atomic E-state index is 0.150. The zero-order valence-electron chi connectivity index (χ0n) is 14.7. The van der Waals surface area contributed by atoms with Crippen LogP contribution in [0.15, 0.2) is 41.5 Å². The number of allylic oxidation sites excluding steroid dienone is 1. The van der Waals surface area contributed by atoms with Gasteiger partial charge >= 0.3 is 6.09 Å².